The lowest BCUT2D eigenvalue weighted by Gasteiger charge is -2.09. The van der Waals surface area contributed by atoms with Crippen LogP contribution in [-0.2, 0) is 12.8 Å². The van der Waals surface area contributed by atoms with E-state index in [1.54, 1.807) is 35.8 Å². The van der Waals surface area contributed by atoms with Crippen molar-refractivity contribution in [3.8, 4) is 23.1 Å². The van der Waals surface area contributed by atoms with Crippen LogP contribution in [0.4, 0.5) is 5.00 Å². The quantitative estimate of drug-likeness (QED) is 0.613. The first-order chi connectivity index (χ1) is 13.6. The van der Waals surface area contributed by atoms with Gasteiger partial charge in [-0.25, -0.2) is 9.79 Å². The van der Waals surface area contributed by atoms with Crippen molar-refractivity contribution in [1.82, 2.24) is 0 Å². The van der Waals surface area contributed by atoms with Crippen LogP contribution < -0.4 is 0 Å². The van der Waals surface area contributed by atoms with Crippen molar-refractivity contribution in [3.05, 3.63) is 57.7 Å². The molecule has 0 fully saturated rings. The van der Waals surface area contributed by atoms with Crippen LogP contribution >= 0.6 is 11.3 Å². The summed E-state index contributed by atoms with van der Waals surface area (Å²) in [4.78, 5) is 16.9. The van der Waals surface area contributed by atoms with Crippen molar-refractivity contribution >= 4 is 28.5 Å². The summed E-state index contributed by atoms with van der Waals surface area (Å²) in [6.07, 6.45) is 5.76. The first kappa shape index (κ1) is 18.0. The molecule has 0 atom stereocenters. The van der Waals surface area contributed by atoms with E-state index in [9.17, 15) is 15.2 Å². The molecule has 2 aromatic heterocycles. The maximum atomic E-state index is 11.2. The molecule has 28 heavy (non-hydrogen) atoms. The van der Waals surface area contributed by atoms with Crippen LogP contribution in [0.3, 0.4) is 0 Å². The van der Waals surface area contributed by atoms with Crippen LogP contribution in [0, 0.1) is 11.3 Å². The third-order valence-electron chi connectivity index (χ3n) is 4.71. The Hall–Kier alpha value is -3.37. The van der Waals surface area contributed by atoms with Crippen molar-refractivity contribution in [2.45, 2.75) is 25.7 Å². The first-order valence-electron chi connectivity index (χ1n) is 8.82. The smallest absolute Gasteiger partial charge is 0.339 e. The van der Waals surface area contributed by atoms with Gasteiger partial charge in [0, 0.05) is 10.4 Å². The molecular formula is C21H16N2O4S. The zero-order chi connectivity index (χ0) is 19.7. The standard InChI is InChI=1S/C21H16N2O4S/c22-10-16-14-3-1-2-4-19(14)28-20(16)23-11-13-6-8-18(27-13)12-5-7-17(24)15(9-12)21(25)26/h5-9,11,24H,1-4H2,(H,25,26)/b23-11+. The van der Waals surface area contributed by atoms with E-state index >= 15 is 0 Å². The normalized spacial score (nSPS) is 13.4. The van der Waals surface area contributed by atoms with Gasteiger partial charge in [0.25, 0.3) is 0 Å². The topological polar surface area (TPSA) is 107 Å². The molecule has 0 radical (unpaired) electrons. The second-order valence-electron chi connectivity index (χ2n) is 6.50. The van der Waals surface area contributed by atoms with Crippen LogP contribution in [0.2, 0.25) is 0 Å². The number of rotatable bonds is 4. The molecule has 0 bridgehead atoms. The summed E-state index contributed by atoms with van der Waals surface area (Å²) in [6, 6.07) is 9.99. The van der Waals surface area contributed by atoms with Gasteiger partial charge in [-0.05, 0) is 61.6 Å². The number of phenols is 1. The van der Waals surface area contributed by atoms with Gasteiger partial charge in [-0.3, -0.25) is 0 Å². The average molecular weight is 392 g/mol. The SMILES string of the molecule is N#Cc1c(/N=C/c2ccc(-c3ccc(O)c(C(=O)O)c3)o2)sc2c1CCCC2. The Morgan fingerprint density at radius 3 is 2.86 bits per heavy atom. The summed E-state index contributed by atoms with van der Waals surface area (Å²) in [5.41, 5.74) is 2.15. The number of carboxylic acids is 1. The van der Waals surface area contributed by atoms with E-state index < -0.39 is 5.97 Å². The van der Waals surface area contributed by atoms with Crippen molar-refractivity contribution < 1.29 is 19.4 Å². The lowest BCUT2D eigenvalue weighted by Crippen LogP contribution is -1.99. The number of nitrogens with zero attached hydrogens (tertiary/aromatic N) is 2. The van der Waals surface area contributed by atoms with Gasteiger partial charge in [0.1, 0.15) is 33.9 Å². The van der Waals surface area contributed by atoms with Crippen LogP contribution in [0.5, 0.6) is 5.75 Å². The summed E-state index contributed by atoms with van der Waals surface area (Å²) >= 11 is 1.56. The van der Waals surface area contributed by atoms with Gasteiger partial charge >= 0.3 is 5.97 Å². The number of aromatic hydroxyl groups is 1. The molecule has 7 heteroatoms. The van der Waals surface area contributed by atoms with E-state index in [0.717, 1.165) is 31.2 Å². The maximum Gasteiger partial charge on any atom is 0.339 e. The zero-order valence-corrected chi connectivity index (χ0v) is 15.6. The van der Waals surface area contributed by atoms with Crippen molar-refractivity contribution in [3.63, 3.8) is 0 Å². The Balaban J connectivity index is 1.61. The monoisotopic (exact) mass is 392 g/mol. The molecule has 1 aliphatic rings. The number of furan rings is 1. The molecule has 0 aliphatic heterocycles. The van der Waals surface area contributed by atoms with Crippen LogP contribution in [-0.4, -0.2) is 22.4 Å². The van der Waals surface area contributed by atoms with E-state index in [0.29, 0.717) is 27.6 Å². The molecule has 1 aliphatic carbocycles. The number of fused-ring (bicyclic) bond motifs is 1. The van der Waals surface area contributed by atoms with Gasteiger partial charge in [-0.15, -0.1) is 11.3 Å². The number of benzene rings is 1. The van der Waals surface area contributed by atoms with E-state index in [2.05, 4.69) is 11.1 Å². The second-order valence-corrected chi connectivity index (χ2v) is 7.58. The number of hydrogen-bond acceptors (Lipinski definition) is 6. The van der Waals surface area contributed by atoms with E-state index in [4.69, 9.17) is 9.52 Å². The van der Waals surface area contributed by atoms with Crippen LogP contribution in [0.15, 0.2) is 39.7 Å². The zero-order valence-electron chi connectivity index (χ0n) is 14.8. The van der Waals surface area contributed by atoms with Gasteiger partial charge in [0.2, 0.25) is 0 Å². The third-order valence-corrected chi connectivity index (χ3v) is 5.91. The van der Waals surface area contributed by atoms with Gasteiger partial charge in [-0.1, -0.05) is 0 Å². The lowest BCUT2D eigenvalue weighted by atomic mass is 9.96. The van der Waals surface area contributed by atoms with E-state index in [1.807, 2.05) is 0 Å². The fraction of sp³-hybridized carbons (Fsp3) is 0.190. The Labute approximate surface area is 165 Å². The summed E-state index contributed by atoms with van der Waals surface area (Å²) in [6.45, 7) is 0. The van der Waals surface area contributed by atoms with Gasteiger partial charge < -0.3 is 14.6 Å². The molecule has 3 aromatic rings. The van der Waals surface area contributed by atoms with E-state index in [1.165, 1.54) is 17.0 Å². The minimum absolute atomic E-state index is 0.188. The molecule has 0 unspecified atom stereocenters. The molecule has 140 valence electrons. The number of carbonyl (C=O) groups is 1. The van der Waals surface area contributed by atoms with Gasteiger partial charge in [0.05, 0.1) is 11.8 Å². The lowest BCUT2D eigenvalue weighted by molar-refractivity contribution is 0.0694. The number of aryl methyl sites for hydroxylation is 1. The largest absolute Gasteiger partial charge is 0.507 e. The highest BCUT2D eigenvalue weighted by atomic mass is 32.1. The summed E-state index contributed by atoms with van der Waals surface area (Å²) in [5, 5.41) is 29.0. The predicted molar refractivity (Wildman–Crippen MR) is 106 cm³/mol. The summed E-state index contributed by atoms with van der Waals surface area (Å²) in [7, 11) is 0. The minimum atomic E-state index is -1.21. The highest BCUT2D eigenvalue weighted by Gasteiger charge is 2.20. The molecule has 0 saturated heterocycles. The third kappa shape index (κ3) is 3.30. The fourth-order valence-corrected chi connectivity index (χ4v) is 4.50. The number of aromatic carboxylic acids is 1. The highest BCUT2D eigenvalue weighted by molar-refractivity contribution is 7.16. The van der Waals surface area contributed by atoms with Gasteiger partial charge in [0.15, 0.2) is 0 Å². The number of carboxylic acid groups (broad SMARTS) is 1. The molecule has 6 nitrogen and oxygen atoms in total. The van der Waals surface area contributed by atoms with Crippen molar-refractivity contribution in [1.29, 1.82) is 5.26 Å². The molecule has 0 spiro atoms. The Bertz CT molecular complexity index is 1130. The molecule has 2 heterocycles. The maximum absolute atomic E-state index is 11.2. The fourth-order valence-electron chi connectivity index (χ4n) is 3.32. The number of hydrogen-bond donors (Lipinski definition) is 2. The minimum Gasteiger partial charge on any atom is -0.507 e. The number of aliphatic imine (C=N–C) groups is 1. The molecular weight excluding hydrogens is 376 g/mol. The van der Waals surface area contributed by atoms with Crippen LogP contribution in [0.1, 0.15) is 45.0 Å². The molecule has 2 N–H and O–H groups in total. The van der Waals surface area contributed by atoms with Gasteiger partial charge in [-0.2, -0.15) is 5.26 Å². The Morgan fingerprint density at radius 2 is 2.07 bits per heavy atom. The molecule has 0 amide bonds. The number of thiophene rings is 1. The highest BCUT2D eigenvalue weighted by Crippen LogP contribution is 2.39. The molecule has 0 saturated carbocycles. The average Bonchev–Trinajstić information content (AvgIpc) is 3.30. The Morgan fingerprint density at radius 1 is 1.25 bits per heavy atom. The van der Waals surface area contributed by atoms with E-state index in [-0.39, 0.29) is 11.3 Å². The Kier molecular flexibility index (Phi) is 4.72. The first-order valence-corrected chi connectivity index (χ1v) is 9.63. The summed E-state index contributed by atoms with van der Waals surface area (Å²) in [5.74, 6) is -0.543. The van der Waals surface area contributed by atoms with Crippen LogP contribution in [0.25, 0.3) is 11.3 Å². The predicted octanol–water partition coefficient (Wildman–Crippen LogP) is 4.91. The molecule has 4 rings (SSSR count). The summed E-state index contributed by atoms with van der Waals surface area (Å²) < 4.78 is 5.74. The molecule has 1 aromatic carbocycles. The second kappa shape index (κ2) is 7.33. The number of nitriles is 1. The van der Waals surface area contributed by atoms with Crippen molar-refractivity contribution in [2.24, 2.45) is 4.99 Å². The van der Waals surface area contributed by atoms with Crippen molar-refractivity contribution in [2.75, 3.05) is 0 Å².